The number of carbonyl (C=O) groups excluding carboxylic acids is 2. The van der Waals surface area contributed by atoms with Crippen LogP contribution in [-0.2, 0) is 19.0 Å². The minimum absolute atomic E-state index is 0.0509. The van der Waals surface area contributed by atoms with Crippen molar-refractivity contribution in [1.82, 2.24) is 5.32 Å². The SMILES string of the molecule is C=C1C(=O)O[C@H]2[C@H]1CCC(COC(=O)NCCCCCCO)=CCC[C@@]1(C)O[C@@H]21. The molecule has 0 aromatic heterocycles. The maximum Gasteiger partial charge on any atom is 0.407 e. The predicted molar refractivity (Wildman–Crippen MR) is 107 cm³/mol. The van der Waals surface area contributed by atoms with E-state index < -0.39 is 6.09 Å². The van der Waals surface area contributed by atoms with Crippen LogP contribution in [0.25, 0.3) is 0 Å². The summed E-state index contributed by atoms with van der Waals surface area (Å²) >= 11 is 0. The van der Waals surface area contributed by atoms with Gasteiger partial charge in [-0.25, -0.2) is 9.59 Å². The second kappa shape index (κ2) is 9.76. The lowest BCUT2D eigenvalue weighted by Crippen LogP contribution is -2.29. The number of rotatable bonds is 8. The fourth-order valence-corrected chi connectivity index (χ4v) is 4.24. The minimum atomic E-state index is -0.413. The van der Waals surface area contributed by atoms with Crippen LogP contribution in [-0.4, -0.2) is 54.7 Å². The molecule has 162 valence electrons. The number of hydrogen-bond acceptors (Lipinski definition) is 6. The fraction of sp³-hybridized carbons (Fsp3) is 0.727. The number of ether oxygens (including phenoxy) is 3. The molecule has 1 amide bonds. The van der Waals surface area contributed by atoms with Gasteiger partial charge in [0.1, 0.15) is 18.8 Å². The highest BCUT2D eigenvalue weighted by atomic mass is 16.6. The molecule has 0 radical (unpaired) electrons. The Labute approximate surface area is 172 Å². The monoisotopic (exact) mass is 407 g/mol. The van der Waals surface area contributed by atoms with Crippen molar-refractivity contribution in [3.8, 4) is 0 Å². The third kappa shape index (κ3) is 5.60. The first-order chi connectivity index (χ1) is 13.9. The van der Waals surface area contributed by atoms with E-state index in [-0.39, 0.29) is 42.9 Å². The van der Waals surface area contributed by atoms with Crippen molar-refractivity contribution in [3.63, 3.8) is 0 Å². The molecule has 29 heavy (non-hydrogen) atoms. The van der Waals surface area contributed by atoms with Crippen molar-refractivity contribution in [1.29, 1.82) is 0 Å². The Morgan fingerprint density at radius 2 is 2.17 bits per heavy atom. The number of nitrogens with one attached hydrogen (secondary N) is 1. The fourth-order valence-electron chi connectivity index (χ4n) is 4.24. The Kier molecular flexibility index (Phi) is 7.35. The quantitative estimate of drug-likeness (QED) is 0.211. The molecule has 4 atom stereocenters. The van der Waals surface area contributed by atoms with Crippen molar-refractivity contribution in [3.05, 3.63) is 23.8 Å². The first-order valence-electron chi connectivity index (χ1n) is 10.7. The number of esters is 1. The summed E-state index contributed by atoms with van der Waals surface area (Å²) < 4.78 is 16.8. The van der Waals surface area contributed by atoms with Crippen molar-refractivity contribution < 1.29 is 28.9 Å². The summed E-state index contributed by atoms with van der Waals surface area (Å²) in [6, 6.07) is 0. The molecule has 3 rings (SSSR count). The van der Waals surface area contributed by atoms with E-state index in [0.29, 0.717) is 12.1 Å². The van der Waals surface area contributed by atoms with Crippen LogP contribution in [0.2, 0.25) is 0 Å². The Balaban J connectivity index is 1.47. The first-order valence-corrected chi connectivity index (χ1v) is 10.7. The van der Waals surface area contributed by atoms with E-state index in [9.17, 15) is 9.59 Å². The van der Waals surface area contributed by atoms with Crippen LogP contribution in [0.1, 0.15) is 58.3 Å². The van der Waals surface area contributed by atoms with Crippen LogP contribution < -0.4 is 5.32 Å². The number of hydrogen-bond donors (Lipinski definition) is 2. The van der Waals surface area contributed by atoms with Gasteiger partial charge >= 0.3 is 12.1 Å². The van der Waals surface area contributed by atoms with Gasteiger partial charge in [-0.05, 0) is 51.0 Å². The summed E-state index contributed by atoms with van der Waals surface area (Å²) in [6.07, 6.45) is 8.16. The van der Waals surface area contributed by atoms with Crippen LogP contribution in [0.15, 0.2) is 23.8 Å². The molecular formula is C22H33NO6. The maximum atomic E-state index is 12.0. The molecule has 0 aromatic carbocycles. The van der Waals surface area contributed by atoms with E-state index in [4.69, 9.17) is 19.3 Å². The van der Waals surface area contributed by atoms with Gasteiger partial charge in [0.15, 0.2) is 0 Å². The number of carbonyl (C=O) groups is 2. The molecule has 7 nitrogen and oxygen atoms in total. The van der Waals surface area contributed by atoms with E-state index in [1.807, 2.05) is 0 Å². The van der Waals surface area contributed by atoms with Gasteiger partial charge in [-0.15, -0.1) is 0 Å². The lowest BCUT2D eigenvalue weighted by molar-refractivity contribution is -0.140. The summed E-state index contributed by atoms with van der Waals surface area (Å²) in [6.45, 7) is 7.01. The van der Waals surface area contributed by atoms with E-state index in [2.05, 4.69) is 24.9 Å². The Hall–Kier alpha value is -1.86. The summed E-state index contributed by atoms with van der Waals surface area (Å²) in [5.74, 6) is -0.374. The first kappa shape index (κ1) is 21.8. The molecule has 2 heterocycles. The van der Waals surface area contributed by atoms with Crippen LogP contribution in [0, 0.1) is 5.92 Å². The third-order valence-electron chi connectivity index (χ3n) is 6.18. The molecule has 0 aromatic rings. The van der Waals surface area contributed by atoms with Crippen molar-refractivity contribution in [2.45, 2.75) is 76.1 Å². The summed E-state index contributed by atoms with van der Waals surface area (Å²) in [7, 11) is 0. The number of aliphatic hydroxyl groups is 1. The number of epoxide rings is 1. The average molecular weight is 408 g/mol. The minimum Gasteiger partial charge on any atom is -0.455 e. The zero-order valence-corrected chi connectivity index (χ0v) is 17.3. The van der Waals surface area contributed by atoms with E-state index in [1.54, 1.807) is 0 Å². The van der Waals surface area contributed by atoms with Crippen LogP contribution in [0.4, 0.5) is 4.79 Å². The largest absolute Gasteiger partial charge is 0.455 e. The molecule has 2 aliphatic heterocycles. The van der Waals surface area contributed by atoms with Gasteiger partial charge in [-0.2, -0.15) is 0 Å². The topological polar surface area (TPSA) is 97.4 Å². The van der Waals surface area contributed by atoms with Gasteiger partial charge in [0.2, 0.25) is 0 Å². The Bertz CT molecular complexity index is 660. The zero-order chi connectivity index (χ0) is 20.9. The second-order valence-electron chi connectivity index (χ2n) is 8.43. The van der Waals surface area contributed by atoms with Crippen LogP contribution >= 0.6 is 0 Å². The van der Waals surface area contributed by atoms with E-state index in [0.717, 1.165) is 56.9 Å². The van der Waals surface area contributed by atoms with Gasteiger partial charge in [0.05, 0.1) is 5.60 Å². The molecule has 0 unspecified atom stereocenters. The van der Waals surface area contributed by atoms with Gasteiger partial charge in [-0.3, -0.25) is 0 Å². The lowest BCUT2D eigenvalue weighted by atomic mass is 9.84. The smallest absolute Gasteiger partial charge is 0.407 e. The van der Waals surface area contributed by atoms with Crippen molar-refractivity contribution in [2.75, 3.05) is 19.8 Å². The standard InChI is InChI=1S/C22H33NO6/c1-15-17-10-9-16(14-27-21(26)23-12-5-3-4-6-13-24)8-7-11-22(2)19(29-22)18(17)28-20(15)25/h8,17-19,24H,1,3-7,9-14H2,2H3,(H,23,26)/t17-,18-,19-,22+/m0/s1. The molecule has 7 heteroatoms. The highest BCUT2D eigenvalue weighted by molar-refractivity contribution is 5.91. The van der Waals surface area contributed by atoms with E-state index in [1.165, 1.54) is 0 Å². The molecule has 2 N–H and O–H groups in total. The molecular weight excluding hydrogens is 374 g/mol. The highest BCUT2D eigenvalue weighted by Crippen LogP contribution is 2.49. The molecule has 0 saturated carbocycles. The molecule has 3 aliphatic rings. The zero-order valence-electron chi connectivity index (χ0n) is 17.3. The molecule has 0 bridgehead atoms. The molecule has 1 aliphatic carbocycles. The highest BCUT2D eigenvalue weighted by Gasteiger charge is 2.61. The van der Waals surface area contributed by atoms with Gasteiger partial charge in [0.25, 0.3) is 0 Å². The number of amides is 1. The predicted octanol–water partition coefficient (Wildman–Crippen LogP) is 3.02. The normalized spacial score (nSPS) is 31.2. The molecule has 2 fully saturated rings. The third-order valence-corrected chi connectivity index (χ3v) is 6.18. The number of aliphatic hydroxyl groups excluding tert-OH is 1. The van der Waals surface area contributed by atoms with Crippen LogP contribution in [0.5, 0.6) is 0 Å². The summed E-state index contributed by atoms with van der Waals surface area (Å²) in [4.78, 5) is 23.9. The van der Waals surface area contributed by atoms with Gasteiger partial charge in [-0.1, -0.05) is 25.5 Å². The summed E-state index contributed by atoms with van der Waals surface area (Å²) in [5.41, 5.74) is 1.31. The van der Waals surface area contributed by atoms with Crippen molar-refractivity contribution in [2.24, 2.45) is 5.92 Å². The Morgan fingerprint density at radius 3 is 2.97 bits per heavy atom. The number of allylic oxidation sites excluding steroid dienone is 1. The number of fused-ring (bicyclic) bond motifs is 3. The lowest BCUT2D eigenvalue weighted by Gasteiger charge is -2.20. The summed E-state index contributed by atoms with van der Waals surface area (Å²) in [5, 5.41) is 11.5. The van der Waals surface area contributed by atoms with Crippen LogP contribution in [0.3, 0.4) is 0 Å². The van der Waals surface area contributed by atoms with Gasteiger partial charge in [0, 0.05) is 24.6 Å². The Morgan fingerprint density at radius 1 is 1.38 bits per heavy atom. The average Bonchev–Trinajstić information content (AvgIpc) is 3.28. The molecule has 0 spiro atoms. The second-order valence-corrected chi connectivity index (χ2v) is 8.43. The number of alkyl carbamates (subject to hydrolysis) is 1. The maximum absolute atomic E-state index is 12.0. The van der Waals surface area contributed by atoms with Crippen molar-refractivity contribution >= 4 is 12.1 Å². The number of unbranched alkanes of at least 4 members (excludes halogenated alkanes) is 3. The van der Waals surface area contributed by atoms with E-state index >= 15 is 0 Å². The molecule has 2 saturated heterocycles. The van der Waals surface area contributed by atoms with Gasteiger partial charge < -0.3 is 24.6 Å².